The van der Waals surface area contributed by atoms with E-state index in [1.807, 2.05) is 39.0 Å². The number of anilines is 1. The van der Waals surface area contributed by atoms with Gasteiger partial charge in [-0.25, -0.2) is 0 Å². The normalized spacial score (nSPS) is 10.8. The van der Waals surface area contributed by atoms with Crippen molar-refractivity contribution in [3.63, 3.8) is 0 Å². The first-order chi connectivity index (χ1) is 12.5. The molecule has 136 valence electrons. The molecule has 0 atom stereocenters. The number of fused-ring (bicyclic) bond motifs is 1. The summed E-state index contributed by atoms with van der Waals surface area (Å²) in [4.78, 5) is 13.2. The Morgan fingerprint density at radius 1 is 1.12 bits per heavy atom. The van der Waals surface area contributed by atoms with Gasteiger partial charge in [0.05, 0.1) is 18.2 Å². The Balaban J connectivity index is 1.89. The highest BCUT2D eigenvalue weighted by Crippen LogP contribution is 2.38. The summed E-state index contributed by atoms with van der Waals surface area (Å²) in [6, 6.07) is 11.3. The molecule has 0 bridgehead atoms. The molecular weight excluding hydrogens is 370 g/mol. The zero-order valence-corrected chi connectivity index (χ0v) is 16.5. The number of ether oxygens (including phenoxy) is 2. The van der Waals surface area contributed by atoms with Gasteiger partial charge in [-0.05, 0) is 44.5 Å². The van der Waals surface area contributed by atoms with E-state index in [0.29, 0.717) is 40.3 Å². The van der Waals surface area contributed by atoms with Crippen molar-refractivity contribution in [2.24, 2.45) is 0 Å². The first-order valence-corrected chi connectivity index (χ1v) is 9.63. The van der Waals surface area contributed by atoms with E-state index in [2.05, 4.69) is 5.32 Å². The molecule has 1 N–H and O–H groups in total. The minimum atomic E-state index is -0.234. The first kappa shape index (κ1) is 18.5. The van der Waals surface area contributed by atoms with Gasteiger partial charge >= 0.3 is 0 Å². The van der Waals surface area contributed by atoms with Crippen molar-refractivity contribution in [3.8, 4) is 11.5 Å². The van der Waals surface area contributed by atoms with Crippen molar-refractivity contribution in [2.45, 2.75) is 20.8 Å². The molecule has 0 aliphatic rings. The minimum Gasteiger partial charge on any atom is -0.490 e. The number of hydrogen-bond acceptors (Lipinski definition) is 4. The van der Waals surface area contributed by atoms with Crippen molar-refractivity contribution < 1.29 is 14.3 Å². The van der Waals surface area contributed by atoms with Crippen LogP contribution in [-0.4, -0.2) is 19.1 Å². The summed E-state index contributed by atoms with van der Waals surface area (Å²) in [6.07, 6.45) is 0. The summed E-state index contributed by atoms with van der Waals surface area (Å²) in [6.45, 7) is 6.86. The number of halogens is 1. The van der Waals surface area contributed by atoms with E-state index in [0.717, 1.165) is 15.6 Å². The average molecular weight is 390 g/mol. The molecule has 3 rings (SSSR count). The van der Waals surface area contributed by atoms with E-state index in [4.69, 9.17) is 21.1 Å². The van der Waals surface area contributed by atoms with Gasteiger partial charge in [-0.1, -0.05) is 23.7 Å². The van der Waals surface area contributed by atoms with E-state index in [1.165, 1.54) is 11.3 Å². The topological polar surface area (TPSA) is 47.6 Å². The molecule has 1 aromatic heterocycles. The number of carbonyl (C=O) groups is 1. The van der Waals surface area contributed by atoms with E-state index >= 15 is 0 Å². The van der Waals surface area contributed by atoms with Gasteiger partial charge in [-0.3, -0.25) is 4.79 Å². The van der Waals surface area contributed by atoms with Gasteiger partial charge in [0.1, 0.15) is 4.88 Å². The van der Waals surface area contributed by atoms with Crippen LogP contribution in [0.2, 0.25) is 5.02 Å². The second-order valence-electron chi connectivity index (χ2n) is 5.67. The van der Waals surface area contributed by atoms with Gasteiger partial charge < -0.3 is 14.8 Å². The maximum absolute atomic E-state index is 12.7. The van der Waals surface area contributed by atoms with Crippen LogP contribution in [0.4, 0.5) is 5.69 Å². The molecular formula is C20H20ClNO3S. The second-order valence-corrected chi connectivity index (χ2v) is 7.11. The van der Waals surface area contributed by atoms with Crippen LogP contribution in [0.15, 0.2) is 36.4 Å². The summed E-state index contributed by atoms with van der Waals surface area (Å²) in [5.74, 6) is 1.02. The maximum Gasteiger partial charge on any atom is 0.267 e. The highest BCUT2D eigenvalue weighted by molar-refractivity contribution is 7.21. The Morgan fingerprint density at radius 3 is 2.54 bits per heavy atom. The minimum absolute atomic E-state index is 0.234. The van der Waals surface area contributed by atoms with Crippen LogP contribution in [0.3, 0.4) is 0 Å². The molecule has 26 heavy (non-hydrogen) atoms. The van der Waals surface area contributed by atoms with Crippen LogP contribution < -0.4 is 14.8 Å². The summed E-state index contributed by atoms with van der Waals surface area (Å²) in [7, 11) is 0. The van der Waals surface area contributed by atoms with Crippen molar-refractivity contribution in [2.75, 3.05) is 18.5 Å². The molecule has 0 unspecified atom stereocenters. The lowest BCUT2D eigenvalue weighted by Gasteiger charge is -2.12. The summed E-state index contributed by atoms with van der Waals surface area (Å²) < 4.78 is 12.2. The van der Waals surface area contributed by atoms with Crippen LogP contribution in [0.25, 0.3) is 10.1 Å². The van der Waals surface area contributed by atoms with Crippen molar-refractivity contribution in [3.05, 3.63) is 51.9 Å². The van der Waals surface area contributed by atoms with Gasteiger partial charge in [0, 0.05) is 21.8 Å². The third kappa shape index (κ3) is 3.64. The Morgan fingerprint density at radius 2 is 1.85 bits per heavy atom. The molecule has 3 aromatic rings. The van der Waals surface area contributed by atoms with E-state index in [1.54, 1.807) is 18.2 Å². The number of aryl methyl sites for hydroxylation is 1. The highest BCUT2D eigenvalue weighted by atomic mass is 35.5. The molecule has 4 nitrogen and oxygen atoms in total. The van der Waals surface area contributed by atoms with Crippen LogP contribution in [0.1, 0.15) is 29.1 Å². The van der Waals surface area contributed by atoms with Gasteiger partial charge in [0.2, 0.25) is 0 Å². The van der Waals surface area contributed by atoms with Gasteiger partial charge in [0.15, 0.2) is 11.5 Å². The fourth-order valence-corrected chi connectivity index (χ4v) is 4.31. The molecule has 0 aliphatic heterocycles. The Labute approximate surface area is 161 Å². The molecule has 1 heterocycles. The van der Waals surface area contributed by atoms with E-state index < -0.39 is 0 Å². The van der Waals surface area contributed by atoms with Gasteiger partial charge in [0.25, 0.3) is 5.91 Å². The smallest absolute Gasteiger partial charge is 0.267 e. The highest BCUT2D eigenvalue weighted by Gasteiger charge is 2.19. The van der Waals surface area contributed by atoms with Gasteiger partial charge in [-0.15, -0.1) is 11.3 Å². The quantitative estimate of drug-likeness (QED) is 0.569. The van der Waals surface area contributed by atoms with Crippen LogP contribution in [0.5, 0.6) is 11.5 Å². The zero-order chi connectivity index (χ0) is 18.7. The monoisotopic (exact) mass is 389 g/mol. The van der Waals surface area contributed by atoms with Crippen LogP contribution >= 0.6 is 22.9 Å². The summed E-state index contributed by atoms with van der Waals surface area (Å²) >= 11 is 7.87. The predicted octanol–water partition coefficient (Wildman–Crippen LogP) is 5.91. The molecule has 0 saturated carbocycles. The number of carbonyl (C=O) groups excluding carboxylic acids is 1. The molecule has 6 heteroatoms. The predicted molar refractivity (Wildman–Crippen MR) is 108 cm³/mol. The van der Waals surface area contributed by atoms with Crippen molar-refractivity contribution >= 4 is 44.6 Å². The lowest BCUT2D eigenvalue weighted by Crippen LogP contribution is -2.11. The Bertz CT molecular complexity index is 952. The Hall–Kier alpha value is -2.24. The molecule has 0 radical (unpaired) electrons. The lowest BCUT2D eigenvalue weighted by molar-refractivity contribution is 0.103. The molecule has 1 amide bonds. The third-order valence-corrected chi connectivity index (χ3v) is 5.52. The SMILES string of the molecule is CCOc1ccc(NC(=O)c2sc3cccc(C)c3c2Cl)cc1OCC. The molecule has 0 saturated heterocycles. The number of amides is 1. The number of benzene rings is 2. The van der Waals surface area contributed by atoms with Crippen LogP contribution in [-0.2, 0) is 0 Å². The second kappa shape index (κ2) is 7.98. The number of hydrogen-bond donors (Lipinski definition) is 1. The summed E-state index contributed by atoms with van der Waals surface area (Å²) in [5, 5.41) is 4.33. The third-order valence-electron chi connectivity index (χ3n) is 3.87. The van der Waals surface area contributed by atoms with E-state index in [9.17, 15) is 4.79 Å². The molecule has 0 spiro atoms. The van der Waals surface area contributed by atoms with Crippen molar-refractivity contribution in [1.82, 2.24) is 0 Å². The maximum atomic E-state index is 12.7. The largest absolute Gasteiger partial charge is 0.490 e. The number of rotatable bonds is 6. The molecule has 2 aromatic carbocycles. The summed E-state index contributed by atoms with van der Waals surface area (Å²) in [5.41, 5.74) is 1.69. The van der Waals surface area contributed by atoms with Crippen LogP contribution in [0, 0.1) is 6.92 Å². The standard InChI is InChI=1S/C20H20ClNO3S/c1-4-24-14-10-9-13(11-15(14)25-5-2)22-20(23)19-18(21)17-12(3)7-6-8-16(17)26-19/h6-11H,4-5H2,1-3H3,(H,22,23). The molecule has 0 aliphatic carbocycles. The zero-order valence-electron chi connectivity index (χ0n) is 14.9. The fraction of sp³-hybridized carbons (Fsp3) is 0.250. The van der Waals surface area contributed by atoms with Gasteiger partial charge in [-0.2, -0.15) is 0 Å². The number of thiophene rings is 1. The van der Waals surface area contributed by atoms with E-state index in [-0.39, 0.29) is 5.91 Å². The average Bonchev–Trinajstić information content (AvgIpc) is 2.96. The fourth-order valence-electron chi connectivity index (χ4n) is 2.74. The van der Waals surface area contributed by atoms with Crippen molar-refractivity contribution in [1.29, 1.82) is 0 Å². The lowest BCUT2D eigenvalue weighted by atomic mass is 10.1. The Kier molecular flexibility index (Phi) is 5.69. The first-order valence-electron chi connectivity index (χ1n) is 8.43. The number of nitrogens with one attached hydrogen (secondary N) is 1. The molecule has 0 fully saturated rings.